The Hall–Kier alpha value is -1.19. The van der Waals surface area contributed by atoms with Gasteiger partial charge in [0, 0.05) is 10.4 Å². The molecule has 1 heterocycles. The summed E-state index contributed by atoms with van der Waals surface area (Å²) in [6.07, 6.45) is 0. The quantitative estimate of drug-likeness (QED) is 0.884. The van der Waals surface area contributed by atoms with E-state index in [1.165, 1.54) is 27.1 Å². The summed E-state index contributed by atoms with van der Waals surface area (Å²) in [4.78, 5) is 5.95. The number of aromatic nitrogens is 1. The molecule has 2 N–H and O–H groups in total. The first kappa shape index (κ1) is 13.2. The Balaban J connectivity index is 2.58. The third kappa shape index (κ3) is 2.33. The molecule has 0 aliphatic rings. The monoisotopic (exact) mass is 260 g/mol. The number of hydrogen-bond acceptors (Lipinski definition) is 3. The lowest BCUT2D eigenvalue weighted by atomic mass is 9.98. The van der Waals surface area contributed by atoms with Gasteiger partial charge in [0.25, 0.3) is 0 Å². The van der Waals surface area contributed by atoms with Crippen LogP contribution < -0.4 is 5.73 Å². The SMILES string of the molecule is Cc1cc(C)c(-c2nc(C(C)N)sc2C)cc1C. The van der Waals surface area contributed by atoms with Crippen molar-refractivity contribution in [3.8, 4) is 11.3 Å². The van der Waals surface area contributed by atoms with Crippen molar-refractivity contribution >= 4 is 11.3 Å². The molecule has 0 fully saturated rings. The molecule has 0 saturated carbocycles. The highest BCUT2D eigenvalue weighted by Gasteiger charge is 2.14. The number of nitrogens with zero attached hydrogens (tertiary/aromatic N) is 1. The van der Waals surface area contributed by atoms with Crippen LogP contribution in [-0.4, -0.2) is 4.98 Å². The summed E-state index contributed by atoms with van der Waals surface area (Å²) in [6, 6.07) is 4.47. The molecule has 1 aromatic carbocycles. The third-order valence-electron chi connectivity index (χ3n) is 3.30. The standard InChI is InChI=1S/C15H20N2S/c1-8-6-10(3)13(7-9(8)2)14-12(5)18-15(17-14)11(4)16/h6-7,11H,16H2,1-5H3. The highest BCUT2D eigenvalue weighted by molar-refractivity contribution is 7.12. The van der Waals surface area contributed by atoms with Gasteiger partial charge in [-0.3, -0.25) is 0 Å². The molecule has 0 aliphatic carbocycles. The maximum atomic E-state index is 5.91. The predicted octanol–water partition coefficient (Wildman–Crippen LogP) is 4.06. The average Bonchev–Trinajstić information content (AvgIpc) is 2.66. The van der Waals surface area contributed by atoms with Crippen molar-refractivity contribution < 1.29 is 0 Å². The van der Waals surface area contributed by atoms with Gasteiger partial charge in [-0.1, -0.05) is 6.07 Å². The van der Waals surface area contributed by atoms with Crippen LogP contribution in [0.15, 0.2) is 12.1 Å². The van der Waals surface area contributed by atoms with Crippen LogP contribution in [0.25, 0.3) is 11.3 Å². The number of benzene rings is 1. The van der Waals surface area contributed by atoms with Crippen LogP contribution in [0.3, 0.4) is 0 Å². The van der Waals surface area contributed by atoms with E-state index in [1.807, 2.05) is 6.92 Å². The number of thiazole rings is 1. The van der Waals surface area contributed by atoms with Crippen LogP contribution in [0.4, 0.5) is 0 Å². The molecular formula is C15H20N2S. The van der Waals surface area contributed by atoms with E-state index in [9.17, 15) is 0 Å². The van der Waals surface area contributed by atoms with Gasteiger partial charge in [-0.25, -0.2) is 4.98 Å². The fourth-order valence-electron chi connectivity index (χ4n) is 2.08. The molecule has 0 spiro atoms. The molecule has 0 saturated heterocycles. The minimum atomic E-state index is 0.00861. The molecule has 0 bridgehead atoms. The van der Waals surface area contributed by atoms with Crippen LogP contribution in [0.5, 0.6) is 0 Å². The Morgan fingerprint density at radius 2 is 1.67 bits per heavy atom. The minimum absolute atomic E-state index is 0.00861. The van der Waals surface area contributed by atoms with Gasteiger partial charge < -0.3 is 5.73 Å². The first-order valence-corrected chi connectivity index (χ1v) is 7.03. The van der Waals surface area contributed by atoms with Crippen molar-refractivity contribution in [2.24, 2.45) is 5.73 Å². The maximum absolute atomic E-state index is 5.91. The van der Waals surface area contributed by atoms with E-state index in [-0.39, 0.29) is 6.04 Å². The van der Waals surface area contributed by atoms with Gasteiger partial charge in [0.15, 0.2) is 0 Å². The summed E-state index contributed by atoms with van der Waals surface area (Å²) < 4.78 is 0. The second-order valence-corrected chi connectivity index (χ2v) is 6.23. The zero-order valence-electron chi connectivity index (χ0n) is 11.7. The fourth-order valence-corrected chi connectivity index (χ4v) is 2.97. The van der Waals surface area contributed by atoms with E-state index in [0.29, 0.717) is 0 Å². The number of hydrogen-bond donors (Lipinski definition) is 1. The summed E-state index contributed by atoms with van der Waals surface area (Å²) in [6.45, 7) is 10.5. The van der Waals surface area contributed by atoms with Crippen molar-refractivity contribution in [1.29, 1.82) is 0 Å². The smallest absolute Gasteiger partial charge is 0.110 e. The average molecular weight is 260 g/mol. The van der Waals surface area contributed by atoms with Gasteiger partial charge in [0.1, 0.15) is 5.01 Å². The van der Waals surface area contributed by atoms with E-state index < -0.39 is 0 Å². The van der Waals surface area contributed by atoms with Crippen LogP contribution in [0.2, 0.25) is 0 Å². The molecule has 0 radical (unpaired) electrons. The summed E-state index contributed by atoms with van der Waals surface area (Å²) in [5.74, 6) is 0. The molecule has 1 unspecified atom stereocenters. The molecule has 1 atom stereocenters. The molecule has 0 aliphatic heterocycles. The minimum Gasteiger partial charge on any atom is -0.322 e. The van der Waals surface area contributed by atoms with E-state index in [4.69, 9.17) is 10.7 Å². The Labute approximate surface area is 113 Å². The molecule has 2 rings (SSSR count). The summed E-state index contributed by atoms with van der Waals surface area (Å²) in [7, 11) is 0. The predicted molar refractivity (Wildman–Crippen MR) is 79.1 cm³/mol. The molecule has 3 heteroatoms. The van der Waals surface area contributed by atoms with Gasteiger partial charge >= 0.3 is 0 Å². The second kappa shape index (κ2) is 4.82. The lowest BCUT2D eigenvalue weighted by molar-refractivity contribution is 0.808. The lowest BCUT2D eigenvalue weighted by Crippen LogP contribution is -2.04. The molecule has 2 nitrogen and oxygen atoms in total. The summed E-state index contributed by atoms with van der Waals surface area (Å²) >= 11 is 1.70. The van der Waals surface area contributed by atoms with Gasteiger partial charge in [-0.2, -0.15) is 0 Å². The first-order valence-electron chi connectivity index (χ1n) is 6.21. The van der Waals surface area contributed by atoms with Gasteiger partial charge in [-0.05, 0) is 57.4 Å². The summed E-state index contributed by atoms with van der Waals surface area (Å²) in [5.41, 5.74) is 12.2. The largest absolute Gasteiger partial charge is 0.322 e. The van der Waals surface area contributed by atoms with E-state index in [1.54, 1.807) is 11.3 Å². The highest BCUT2D eigenvalue weighted by Crippen LogP contribution is 2.32. The van der Waals surface area contributed by atoms with Crippen molar-refractivity contribution in [3.05, 3.63) is 38.7 Å². The molecule has 96 valence electrons. The maximum Gasteiger partial charge on any atom is 0.110 e. The van der Waals surface area contributed by atoms with Crippen LogP contribution in [0, 0.1) is 27.7 Å². The van der Waals surface area contributed by atoms with E-state index in [2.05, 4.69) is 39.8 Å². The Kier molecular flexibility index (Phi) is 3.55. The van der Waals surface area contributed by atoms with Crippen molar-refractivity contribution in [3.63, 3.8) is 0 Å². The number of rotatable bonds is 2. The Morgan fingerprint density at radius 3 is 2.22 bits per heavy atom. The Morgan fingerprint density at radius 1 is 1.06 bits per heavy atom. The zero-order chi connectivity index (χ0) is 13.4. The van der Waals surface area contributed by atoms with Gasteiger partial charge in [-0.15, -0.1) is 11.3 Å². The highest BCUT2D eigenvalue weighted by atomic mass is 32.1. The zero-order valence-corrected chi connectivity index (χ0v) is 12.5. The van der Waals surface area contributed by atoms with Gasteiger partial charge in [0.05, 0.1) is 11.7 Å². The molecular weight excluding hydrogens is 240 g/mol. The normalized spacial score (nSPS) is 12.8. The lowest BCUT2D eigenvalue weighted by Gasteiger charge is -2.08. The second-order valence-electron chi connectivity index (χ2n) is 5.00. The molecule has 1 aromatic heterocycles. The first-order chi connectivity index (χ1) is 8.40. The van der Waals surface area contributed by atoms with Crippen LogP contribution >= 0.6 is 11.3 Å². The van der Waals surface area contributed by atoms with Crippen LogP contribution in [-0.2, 0) is 0 Å². The molecule has 18 heavy (non-hydrogen) atoms. The van der Waals surface area contributed by atoms with E-state index in [0.717, 1.165) is 10.7 Å². The van der Waals surface area contributed by atoms with E-state index >= 15 is 0 Å². The topological polar surface area (TPSA) is 38.9 Å². The van der Waals surface area contributed by atoms with Crippen molar-refractivity contribution in [1.82, 2.24) is 4.98 Å². The van der Waals surface area contributed by atoms with Crippen LogP contribution in [0.1, 0.15) is 39.5 Å². The third-order valence-corrected chi connectivity index (χ3v) is 4.47. The fraction of sp³-hybridized carbons (Fsp3) is 0.400. The van der Waals surface area contributed by atoms with Crippen molar-refractivity contribution in [2.45, 2.75) is 40.7 Å². The summed E-state index contributed by atoms with van der Waals surface area (Å²) in [5, 5.41) is 1.01. The van der Waals surface area contributed by atoms with Crippen molar-refractivity contribution in [2.75, 3.05) is 0 Å². The molecule has 0 amide bonds. The van der Waals surface area contributed by atoms with Gasteiger partial charge in [0.2, 0.25) is 0 Å². The molecule has 2 aromatic rings. The Bertz CT molecular complexity index is 582. The number of nitrogens with two attached hydrogens (primary N) is 1. The number of aryl methyl sites for hydroxylation is 4.